The van der Waals surface area contributed by atoms with E-state index < -0.39 is 5.54 Å². The molecule has 94 valence electrons. The first-order valence-electron chi connectivity index (χ1n) is 6.14. The Labute approximate surface area is 101 Å². The van der Waals surface area contributed by atoms with E-state index >= 15 is 0 Å². The topological polar surface area (TPSA) is 62.5 Å². The fraction of sp³-hybridized carbons (Fsp3) is 0.615. The van der Waals surface area contributed by atoms with Crippen molar-refractivity contribution >= 4 is 5.91 Å². The van der Waals surface area contributed by atoms with Crippen molar-refractivity contribution in [3.8, 4) is 0 Å². The van der Waals surface area contributed by atoms with Gasteiger partial charge in [-0.3, -0.25) is 4.79 Å². The Morgan fingerprint density at radius 1 is 1.47 bits per heavy atom. The SMILES string of the molecule is Cc1ccoc1C(=O)NC1(CO)CCCCC1. The second kappa shape index (κ2) is 4.92. The van der Waals surface area contributed by atoms with E-state index in [9.17, 15) is 9.90 Å². The molecule has 0 saturated heterocycles. The summed E-state index contributed by atoms with van der Waals surface area (Å²) in [5.41, 5.74) is 0.376. The number of hydrogen-bond donors (Lipinski definition) is 2. The molecule has 1 aromatic heterocycles. The smallest absolute Gasteiger partial charge is 0.287 e. The van der Waals surface area contributed by atoms with Gasteiger partial charge in [0.05, 0.1) is 18.4 Å². The van der Waals surface area contributed by atoms with Crippen molar-refractivity contribution in [3.63, 3.8) is 0 Å². The van der Waals surface area contributed by atoms with E-state index in [-0.39, 0.29) is 12.5 Å². The number of furan rings is 1. The zero-order chi connectivity index (χ0) is 12.3. The molecule has 0 atom stereocenters. The Morgan fingerprint density at radius 2 is 2.18 bits per heavy atom. The van der Waals surface area contributed by atoms with Gasteiger partial charge in [-0.05, 0) is 25.8 Å². The average Bonchev–Trinajstić information content (AvgIpc) is 2.77. The molecule has 1 saturated carbocycles. The minimum atomic E-state index is -0.450. The van der Waals surface area contributed by atoms with E-state index in [1.165, 1.54) is 12.7 Å². The second-order valence-corrected chi connectivity index (χ2v) is 4.89. The second-order valence-electron chi connectivity index (χ2n) is 4.89. The van der Waals surface area contributed by atoms with Crippen LogP contribution in [0.15, 0.2) is 16.7 Å². The predicted molar refractivity (Wildman–Crippen MR) is 63.8 cm³/mol. The quantitative estimate of drug-likeness (QED) is 0.845. The molecular formula is C13H19NO3. The maximum Gasteiger partial charge on any atom is 0.287 e. The van der Waals surface area contributed by atoms with Crippen LogP contribution in [0.1, 0.15) is 48.2 Å². The molecule has 1 heterocycles. The number of aliphatic hydroxyl groups excluding tert-OH is 1. The van der Waals surface area contributed by atoms with Crippen LogP contribution < -0.4 is 5.32 Å². The third kappa shape index (κ3) is 2.52. The summed E-state index contributed by atoms with van der Waals surface area (Å²) in [5.74, 6) is 0.131. The molecule has 1 aromatic rings. The standard InChI is InChI=1S/C13H19NO3/c1-10-5-8-17-11(10)12(16)14-13(9-15)6-3-2-4-7-13/h5,8,15H,2-4,6-7,9H2,1H3,(H,14,16). The molecule has 0 unspecified atom stereocenters. The highest BCUT2D eigenvalue weighted by atomic mass is 16.3. The van der Waals surface area contributed by atoms with Crippen molar-refractivity contribution in [3.05, 3.63) is 23.7 Å². The number of hydrogen-bond acceptors (Lipinski definition) is 3. The molecule has 17 heavy (non-hydrogen) atoms. The fourth-order valence-corrected chi connectivity index (χ4v) is 2.45. The van der Waals surface area contributed by atoms with Crippen LogP contribution >= 0.6 is 0 Å². The Balaban J connectivity index is 2.08. The van der Waals surface area contributed by atoms with Gasteiger partial charge in [-0.25, -0.2) is 0 Å². The van der Waals surface area contributed by atoms with E-state index in [2.05, 4.69) is 5.32 Å². The Hall–Kier alpha value is -1.29. The molecule has 4 heteroatoms. The van der Waals surface area contributed by atoms with Gasteiger partial charge >= 0.3 is 0 Å². The number of amides is 1. The van der Waals surface area contributed by atoms with Crippen LogP contribution in [0.3, 0.4) is 0 Å². The molecule has 1 aliphatic rings. The van der Waals surface area contributed by atoms with Gasteiger partial charge < -0.3 is 14.8 Å². The zero-order valence-corrected chi connectivity index (χ0v) is 10.2. The number of aliphatic hydroxyl groups is 1. The maximum atomic E-state index is 12.0. The summed E-state index contributed by atoms with van der Waals surface area (Å²) in [7, 11) is 0. The highest BCUT2D eigenvalue weighted by Crippen LogP contribution is 2.28. The lowest BCUT2D eigenvalue weighted by Gasteiger charge is -2.36. The molecule has 1 fully saturated rings. The number of nitrogens with one attached hydrogen (secondary N) is 1. The van der Waals surface area contributed by atoms with Crippen LogP contribution in [-0.4, -0.2) is 23.2 Å². The van der Waals surface area contributed by atoms with Crippen molar-refractivity contribution in [2.24, 2.45) is 0 Å². The van der Waals surface area contributed by atoms with Gasteiger partial charge in [0, 0.05) is 5.56 Å². The summed E-state index contributed by atoms with van der Waals surface area (Å²) in [6, 6.07) is 1.77. The van der Waals surface area contributed by atoms with Crippen LogP contribution in [0.25, 0.3) is 0 Å². The molecule has 0 bridgehead atoms. The van der Waals surface area contributed by atoms with E-state index in [1.807, 2.05) is 6.92 Å². The Bertz CT molecular complexity index is 391. The normalized spacial score (nSPS) is 18.9. The fourth-order valence-electron chi connectivity index (χ4n) is 2.45. The Morgan fingerprint density at radius 3 is 2.71 bits per heavy atom. The Kier molecular flexibility index (Phi) is 3.52. The third-order valence-electron chi connectivity index (χ3n) is 3.56. The van der Waals surface area contributed by atoms with Gasteiger partial charge in [0.2, 0.25) is 0 Å². The molecule has 1 amide bonds. The van der Waals surface area contributed by atoms with Crippen molar-refractivity contribution < 1.29 is 14.3 Å². The van der Waals surface area contributed by atoms with Crippen LogP contribution in [-0.2, 0) is 0 Å². The summed E-state index contributed by atoms with van der Waals surface area (Å²) in [5, 5.41) is 12.5. The lowest BCUT2D eigenvalue weighted by Crippen LogP contribution is -2.52. The van der Waals surface area contributed by atoms with E-state index in [0.717, 1.165) is 31.2 Å². The molecule has 0 radical (unpaired) electrons. The number of carbonyl (C=O) groups excluding carboxylic acids is 1. The number of carbonyl (C=O) groups is 1. The van der Waals surface area contributed by atoms with Crippen molar-refractivity contribution in [1.29, 1.82) is 0 Å². The molecule has 2 N–H and O–H groups in total. The number of rotatable bonds is 3. The summed E-state index contributed by atoms with van der Waals surface area (Å²) in [4.78, 5) is 12.0. The minimum absolute atomic E-state index is 0.00149. The van der Waals surface area contributed by atoms with E-state index in [1.54, 1.807) is 6.07 Å². The maximum absolute atomic E-state index is 12.0. The summed E-state index contributed by atoms with van der Waals surface area (Å²) in [6.07, 6.45) is 6.48. The lowest BCUT2D eigenvalue weighted by atomic mass is 9.82. The van der Waals surface area contributed by atoms with Crippen molar-refractivity contribution in [2.75, 3.05) is 6.61 Å². The van der Waals surface area contributed by atoms with Crippen LogP contribution in [0.5, 0.6) is 0 Å². The first-order valence-corrected chi connectivity index (χ1v) is 6.14. The molecule has 4 nitrogen and oxygen atoms in total. The monoisotopic (exact) mass is 237 g/mol. The molecule has 1 aliphatic carbocycles. The van der Waals surface area contributed by atoms with Gasteiger partial charge in [0.15, 0.2) is 5.76 Å². The highest BCUT2D eigenvalue weighted by molar-refractivity contribution is 5.93. The van der Waals surface area contributed by atoms with Gasteiger partial charge in [0.25, 0.3) is 5.91 Å². The average molecular weight is 237 g/mol. The summed E-state index contributed by atoms with van der Waals surface area (Å²) in [6.45, 7) is 1.84. The van der Waals surface area contributed by atoms with Crippen LogP contribution in [0, 0.1) is 6.92 Å². The predicted octanol–water partition coefficient (Wildman–Crippen LogP) is 2.01. The first kappa shape index (κ1) is 12.2. The summed E-state index contributed by atoms with van der Waals surface area (Å²) >= 11 is 0. The van der Waals surface area contributed by atoms with Crippen LogP contribution in [0.2, 0.25) is 0 Å². The summed E-state index contributed by atoms with van der Waals surface area (Å²) < 4.78 is 5.16. The molecule has 0 aliphatic heterocycles. The van der Waals surface area contributed by atoms with Crippen molar-refractivity contribution in [2.45, 2.75) is 44.6 Å². The van der Waals surface area contributed by atoms with Gasteiger partial charge in [-0.15, -0.1) is 0 Å². The van der Waals surface area contributed by atoms with Crippen molar-refractivity contribution in [1.82, 2.24) is 5.32 Å². The highest BCUT2D eigenvalue weighted by Gasteiger charge is 2.34. The van der Waals surface area contributed by atoms with Gasteiger partial charge in [-0.1, -0.05) is 19.3 Å². The largest absolute Gasteiger partial charge is 0.459 e. The zero-order valence-electron chi connectivity index (χ0n) is 10.2. The number of aryl methyl sites for hydroxylation is 1. The van der Waals surface area contributed by atoms with E-state index in [4.69, 9.17) is 4.42 Å². The van der Waals surface area contributed by atoms with Gasteiger partial charge in [0.1, 0.15) is 0 Å². The lowest BCUT2D eigenvalue weighted by molar-refractivity contribution is 0.0732. The van der Waals surface area contributed by atoms with Crippen LogP contribution in [0.4, 0.5) is 0 Å². The first-order chi connectivity index (χ1) is 8.17. The minimum Gasteiger partial charge on any atom is -0.459 e. The molecule has 2 rings (SSSR count). The van der Waals surface area contributed by atoms with E-state index in [0.29, 0.717) is 5.76 Å². The molecular weight excluding hydrogens is 218 g/mol. The molecule has 0 spiro atoms. The molecule has 0 aromatic carbocycles. The third-order valence-corrected chi connectivity index (χ3v) is 3.56. The van der Waals surface area contributed by atoms with Gasteiger partial charge in [-0.2, -0.15) is 0 Å².